The highest BCUT2D eigenvalue weighted by Gasteiger charge is 2.04. The monoisotopic (exact) mass is 257 g/mol. The summed E-state index contributed by atoms with van der Waals surface area (Å²) in [5, 5.41) is 0. The summed E-state index contributed by atoms with van der Waals surface area (Å²) in [4.78, 5) is 26.5. The number of carbonyl (C=O) groups excluding carboxylic acids is 1. The van der Waals surface area contributed by atoms with Gasteiger partial charge in [-0.2, -0.15) is 0 Å². The van der Waals surface area contributed by atoms with Crippen molar-refractivity contribution in [3.05, 3.63) is 52.6 Å². The lowest BCUT2D eigenvalue weighted by Gasteiger charge is -2.06. The van der Waals surface area contributed by atoms with Crippen molar-refractivity contribution in [2.45, 2.75) is 19.9 Å². The van der Waals surface area contributed by atoms with Gasteiger partial charge in [-0.3, -0.25) is 9.59 Å². The molecule has 0 saturated heterocycles. The van der Waals surface area contributed by atoms with Gasteiger partial charge in [0, 0.05) is 24.7 Å². The van der Waals surface area contributed by atoms with Gasteiger partial charge in [-0.15, -0.1) is 0 Å². The Labute approximate surface area is 110 Å². The second-order valence-corrected chi connectivity index (χ2v) is 4.39. The van der Waals surface area contributed by atoms with Gasteiger partial charge in [0.1, 0.15) is 0 Å². The summed E-state index contributed by atoms with van der Waals surface area (Å²) in [6.07, 6.45) is 3.05. The molecule has 0 unspecified atom stereocenters. The summed E-state index contributed by atoms with van der Waals surface area (Å²) in [7, 11) is 0. The fraction of sp³-hybridized carbons (Fsp3) is 0.214. The summed E-state index contributed by atoms with van der Waals surface area (Å²) in [5.74, 6) is -0.430. The van der Waals surface area contributed by atoms with Crippen LogP contribution in [0.5, 0.6) is 0 Å². The molecule has 0 aliphatic heterocycles. The number of aryl methyl sites for hydroxylation is 2. The first-order valence-corrected chi connectivity index (χ1v) is 5.98. The molecule has 2 rings (SSSR count). The maximum atomic E-state index is 11.6. The van der Waals surface area contributed by atoms with Crippen molar-refractivity contribution < 1.29 is 4.79 Å². The van der Waals surface area contributed by atoms with Crippen LogP contribution in [0.25, 0.3) is 11.3 Å². The van der Waals surface area contributed by atoms with Gasteiger partial charge in [-0.05, 0) is 6.92 Å². The fourth-order valence-corrected chi connectivity index (χ4v) is 1.72. The molecule has 0 saturated carbocycles. The molecule has 0 spiro atoms. The Morgan fingerprint density at radius 1 is 1.32 bits per heavy atom. The Hall–Kier alpha value is -2.43. The maximum absolute atomic E-state index is 11.6. The Kier molecular flexibility index (Phi) is 3.75. The van der Waals surface area contributed by atoms with E-state index in [1.807, 2.05) is 31.2 Å². The van der Waals surface area contributed by atoms with E-state index < -0.39 is 5.91 Å². The van der Waals surface area contributed by atoms with Crippen LogP contribution < -0.4 is 11.3 Å². The van der Waals surface area contributed by atoms with E-state index in [0.717, 1.165) is 11.1 Å². The zero-order valence-corrected chi connectivity index (χ0v) is 10.7. The summed E-state index contributed by atoms with van der Waals surface area (Å²) in [6.45, 7) is 2.28. The number of nitrogens with zero attached hydrogens (tertiary/aromatic N) is 2. The molecule has 5 heteroatoms. The molecule has 98 valence electrons. The number of aromatic nitrogens is 2. The molecule has 2 aromatic rings. The quantitative estimate of drug-likeness (QED) is 0.890. The maximum Gasteiger partial charge on any atom is 0.269 e. The zero-order valence-electron chi connectivity index (χ0n) is 10.7. The number of hydrogen-bond donors (Lipinski definition) is 1. The minimum Gasteiger partial charge on any atom is -0.370 e. The van der Waals surface area contributed by atoms with E-state index in [1.165, 1.54) is 10.8 Å². The van der Waals surface area contributed by atoms with Gasteiger partial charge in [-0.1, -0.05) is 29.8 Å². The minimum atomic E-state index is -0.430. The highest BCUT2D eigenvalue weighted by atomic mass is 16.1. The predicted octanol–water partition coefficient (Wildman–Crippen LogP) is 1.09. The zero-order chi connectivity index (χ0) is 13.8. The molecule has 0 atom stereocenters. The van der Waals surface area contributed by atoms with Crippen molar-refractivity contribution in [3.8, 4) is 11.3 Å². The van der Waals surface area contributed by atoms with Crippen LogP contribution in [0.15, 0.2) is 41.5 Å². The molecule has 19 heavy (non-hydrogen) atoms. The van der Waals surface area contributed by atoms with Crippen LogP contribution in [0.2, 0.25) is 0 Å². The van der Waals surface area contributed by atoms with Crippen LogP contribution in [0.4, 0.5) is 0 Å². The van der Waals surface area contributed by atoms with Crippen LogP contribution in [-0.2, 0) is 11.3 Å². The van der Waals surface area contributed by atoms with Crippen molar-refractivity contribution in [1.29, 1.82) is 0 Å². The van der Waals surface area contributed by atoms with Crippen molar-refractivity contribution in [3.63, 3.8) is 0 Å². The molecule has 5 nitrogen and oxygen atoms in total. The van der Waals surface area contributed by atoms with Gasteiger partial charge in [0.25, 0.3) is 5.56 Å². The molecular weight excluding hydrogens is 242 g/mol. The van der Waals surface area contributed by atoms with Crippen LogP contribution in [-0.4, -0.2) is 15.5 Å². The number of carbonyl (C=O) groups is 1. The Morgan fingerprint density at radius 2 is 2.00 bits per heavy atom. The standard InChI is InChI=1S/C14H15N3O2/c1-10-2-4-11(5-3-10)12-9-17(7-6-13(15)18)14(19)8-16-12/h2-5,8-9H,6-7H2,1H3,(H2,15,18). The van der Waals surface area contributed by atoms with E-state index in [2.05, 4.69) is 4.98 Å². The smallest absolute Gasteiger partial charge is 0.269 e. The third-order valence-corrected chi connectivity index (χ3v) is 2.82. The van der Waals surface area contributed by atoms with Gasteiger partial charge in [0.05, 0.1) is 11.9 Å². The van der Waals surface area contributed by atoms with E-state index in [9.17, 15) is 9.59 Å². The molecule has 2 N–H and O–H groups in total. The lowest BCUT2D eigenvalue weighted by Crippen LogP contribution is -2.23. The first-order chi connectivity index (χ1) is 9.06. The summed E-state index contributed by atoms with van der Waals surface area (Å²) in [6, 6.07) is 7.85. The van der Waals surface area contributed by atoms with Crippen LogP contribution >= 0.6 is 0 Å². The molecule has 1 aromatic carbocycles. The third-order valence-electron chi connectivity index (χ3n) is 2.82. The molecule has 0 radical (unpaired) electrons. The second-order valence-electron chi connectivity index (χ2n) is 4.39. The average molecular weight is 257 g/mol. The van der Waals surface area contributed by atoms with Crippen molar-refractivity contribution in [2.24, 2.45) is 5.73 Å². The minimum absolute atomic E-state index is 0.136. The van der Waals surface area contributed by atoms with Crippen molar-refractivity contribution >= 4 is 5.91 Å². The fourth-order valence-electron chi connectivity index (χ4n) is 1.72. The Morgan fingerprint density at radius 3 is 2.63 bits per heavy atom. The van der Waals surface area contributed by atoms with Gasteiger partial charge in [0.2, 0.25) is 5.91 Å². The van der Waals surface area contributed by atoms with E-state index in [-0.39, 0.29) is 18.5 Å². The second kappa shape index (κ2) is 5.48. The summed E-state index contributed by atoms with van der Waals surface area (Å²) >= 11 is 0. The Bertz CT molecular complexity index is 644. The molecule has 0 fully saturated rings. The van der Waals surface area contributed by atoms with E-state index in [4.69, 9.17) is 5.73 Å². The number of nitrogens with two attached hydrogens (primary N) is 1. The topological polar surface area (TPSA) is 78.0 Å². The predicted molar refractivity (Wildman–Crippen MR) is 72.5 cm³/mol. The third kappa shape index (κ3) is 3.28. The van der Waals surface area contributed by atoms with Crippen molar-refractivity contribution in [2.75, 3.05) is 0 Å². The first-order valence-electron chi connectivity index (χ1n) is 5.98. The summed E-state index contributed by atoms with van der Waals surface area (Å²) in [5.41, 5.74) is 7.63. The Balaban J connectivity index is 2.32. The van der Waals surface area contributed by atoms with Crippen LogP contribution in [0, 0.1) is 6.92 Å². The molecule has 1 aromatic heterocycles. The van der Waals surface area contributed by atoms with Gasteiger partial charge in [0.15, 0.2) is 0 Å². The van der Waals surface area contributed by atoms with E-state index >= 15 is 0 Å². The number of rotatable bonds is 4. The van der Waals surface area contributed by atoms with Gasteiger partial charge < -0.3 is 10.3 Å². The molecule has 1 amide bonds. The normalized spacial score (nSPS) is 10.4. The molecule has 1 heterocycles. The number of benzene rings is 1. The molecule has 0 aliphatic carbocycles. The highest BCUT2D eigenvalue weighted by Crippen LogP contribution is 2.15. The van der Waals surface area contributed by atoms with Gasteiger partial charge in [-0.25, -0.2) is 4.98 Å². The molecule has 0 aliphatic rings. The largest absolute Gasteiger partial charge is 0.370 e. The number of amides is 1. The van der Waals surface area contributed by atoms with Crippen molar-refractivity contribution in [1.82, 2.24) is 9.55 Å². The number of primary amides is 1. The van der Waals surface area contributed by atoms with Crippen LogP contribution in [0.1, 0.15) is 12.0 Å². The van der Waals surface area contributed by atoms with E-state index in [1.54, 1.807) is 6.20 Å². The van der Waals surface area contributed by atoms with Gasteiger partial charge >= 0.3 is 0 Å². The lowest BCUT2D eigenvalue weighted by atomic mass is 10.1. The van der Waals surface area contributed by atoms with Crippen LogP contribution in [0.3, 0.4) is 0 Å². The highest BCUT2D eigenvalue weighted by molar-refractivity contribution is 5.73. The molecular formula is C14H15N3O2. The lowest BCUT2D eigenvalue weighted by molar-refractivity contribution is -0.118. The first kappa shape index (κ1) is 13.0. The van der Waals surface area contributed by atoms with E-state index in [0.29, 0.717) is 5.69 Å². The number of hydrogen-bond acceptors (Lipinski definition) is 3. The summed E-state index contributed by atoms with van der Waals surface area (Å²) < 4.78 is 1.45. The molecule has 0 bridgehead atoms. The average Bonchev–Trinajstić information content (AvgIpc) is 2.39. The SMILES string of the molecule is Cc1ccc(-c2cn(CCC(N)=O)c(=O)cn2)cc1.